The van der Waals surface area contributed by atoms with Crippen LogP contribution in [0.2, 0.25) is 5.02 Å². The summed E-state index contributed by atoms with van der Waals surface area (Å²) in [6.45, 7) is 0.586. The smallest absolute Gasteiger partial charge is 0.312 e. The Morgan fingerprint density at radius 1 is 1.56 bits per heavy atom. The van der Waals surface area contributed by atoms with Gasteiger partial charge in [-0.05, 0) is 13.0 Å². The van der Waals surface area contributed by atoms with E-state index in [0.717, 1.165) is 12.1 Å². The van der Waals surface area contributed by atoms with Gasteiger partial charge in [0.15, 0.2) is 5.75 Å². The van der Waals surface area contributed by atoms with Crippen molar-refractivity contribution in [1.82, 2.24) is 0 Å². The molecule has 0 aliphatic heterocycles. The second kappa shape index (κ2) is 5.62. The molecule has 1 aromatic carbocycles. The number of nitrogens with zero attached hydrogens (tertiary/aromatic N) is 1. The molecule has 16 heavy (non-hydrogen) atoms. The summed E-state index contributed by atoms with van der Waals surface area (Å²) in [5.74, 6) is -0.893. The third-order valence-electron chi connectivity index (χ3n) is 1.80. The molecule has 0 heterocycles. The van der Waals surface area contributed by atoms with E-state index in [1.807, 2.05) is 0 Å². The van der Waals surface area contributed by atoms with Crippen molar-refractivity contribution in [3.8, 4) is 5.75 Å². The number of nitro benzene ring substituents is 1. The largest absolute Gasteiger partial charge is 0.487 e. The van der Waals surface area contributed by atoms with Gasteiger partial charge in [0.25, 0.3) is 0 Å². The number of nitro groups is 1. The van der Waals surface area contributed by atoms with Gasteiger partial charge in [-0.25, -0.2) is 4.39 Å². The lowest BCUT2D eigenvalue weighted by Gasteiger charge is -2.06. The second-order valence-corrected chi connectivity index (χ2v) is 3.39. The third-order valence-corrected chi connectivity index (χ3v) is 2.09. The first kappa shape index (κ1) is 12.7. The molecule has 0 atom stereocenters. The summed E-state index contributed by atoms with van der Waals surface area (Å²) in [6.07, 6.45) is 0.529. The number of benzene rings is 1. The summed E-state index contributed by atoms with van der Waals surface area (Å²) in [5.41, 5.74) is 4.88. The molecule has 7 heteroatoms. The Morgan fingerprint density at radius 2 is 2.25 bits per heavy atom. The lowest BCUT2D eigenvalue weighted by atomic mass is 10.3. The fraction of sp³-hybridized carbons (Fsp3) is 0.333. The zero-order chi connectivity index (χ0) is 12.1. The first-order valence-corrected chi connectivity index (χ1v) is 4.90. The van der Waals surface area contributed by atoms with Crippen LogP contribution in [0.4, 0.5) is 10.1 Å². The van der Waals surface area contributed by atoms with E-state index in [9.17, 15) is 14.5 Å². The van der Waals surface area contributed by atoms with Gasteiger partial charge in [0, 0.05) is 12.1 Å². The highest BCUT2D eigenvalue weighted by Gasteiger charge is 2.18. The average molecular weight is 249 g/mol. The molecule has 1 aromatic rings. The minimum atomic E-state index is -0.755. The van der Waals surface area contributed by atoms with Crippen molar-refractivity contribution in [2.45, 2.75) is 6.42 Å². The summed E-state index contributed by atoms with van der Waals surface area (Å²) >= 11 is 5.44. The highest BCUT2D eigenvalue weighted by atomic mass is 35.5. The van der Waals surface area contributed by atoms with Gasteiger partial charge >= 0.3 is 5.69 Å². The van der Waals surface area contributed by atoms with Gasteiger partial charge in [0.05, 0.1) is 16.6 Å². The average Bonchev–Trinajstić information content (AvgIpc) is 2.23. The highest BCUT2D eigenvalue weighted by molar-refractivity contribution is 6.31. The molecular formula is C9H10ClFN2O3. The van der Waals surface area contributed by atoms with Crippen LogP contribution in [0.25, 0.3) is 0 Å². The van der Waals surface area contributed by atoms with E-state index in [1.54, 1.807) is 0 Å². The SMILES string of the molecule is NCCCOc1cc(F)c(Cl)cc1[N+](=O)[O-]. The maximum atomic E-state index is 13.1. The quantitative estimate of drug-likeness (QED) is 0.492. The van der Waals surface area contributed by atoms with E-state index in [-0.39, 0.29) is 23.1 Å². The van der Waals surface area contributed by atoms with Crippen molar-refractivity contribution in [2.24, 2.45) is 5.73 Å². The van der Waals surface area contributed by atoms with Crippen LogP contribution in [-0.4, -0.2) is 18.1 Å². The second-order valence-electron chi connectivity index (χ2n) is 2.98. The molecule has 0 saturated heterocycles. The van der Waals surface area contributed by atoms with Crippen LogP contribution in [0, 0.1) is 15.9 Å². The van der Waals surface area contributed by atoms with E-state index < -0.39 is 10.7 Å². The Bertz CT molecular complexity index is 401. The number of nitrogens with two attached hydrogens (primary N) is 1. The molecule has 0 spiro atoms. The summed E-state index contributed by atoms with van der Waals surface area (Å²) in [7, 11) is 0. The molecule has 5 nitrogen and oxygen atoms in total. The number of hydrogen-bond acceptors (Lipinski definition) is 4. The fourth-order valence-electron chi connectivity index (χ4n) is 1.04. The summed E-state index contributed by atoms with van der Waals surface area (Å²) < 4.78 is 18.1. The molecule has 0 fully saturated rings. The monoisotopic (exact) mass is 248 g/mol. The molecule has 0 aliphatic carbocycles. The molecule has 0 unspecified atom stereocenters. The molecule has 2 N–H and O–H groups in total. The molecule has 0 saturated carbocycles. The first-order valence-electron chi connectivity index (χ1n) is 4.52. The van der Waals surface area contributed by atoms with Gasteiger partial charge in [0.1, 0.15) is 5.82 Å². The minimum Gasteiger partial charge on any atom is -0.487 e. The van der Waals surface area contributed by atoms with Crippen molar-refractivity contribution in [3.05, 3.63) is 33.1 Å². The first-order chi connectivity index (χ1) is 7.56. The molecular weight excluding hydrogens is 239 g/mol. The van der Waals surface area contributed by atoms with Crippen LogP contribution in [0.5, 0.6) is 5.75 Å². The van der Waals surface area contributed by atoms with E-state index >= 15 is 0 Å². The van der Waals surface area contributed by atoms with Gasteiger partial charge in [-0.2, -0.15) is 0 Å². The normalized spacial score (nSPS) is 10.2. The van der Waals surface area contributed by atoms with Crippen LogP contribution in [0.1, 0.15) is 6.42 Å². The maximum absolute atomic E-state index is 13.1. The van der Waals surface area contributed by atoms with Crippen LogP contribution >= 0.6 is 11.6 Å². The molecule has 88 valence electrons. The molecule has 0 aromatic heterocycles. The molecule has 0 amide bonds. The maximum Gasteiger partial charge on any atom is 0.312 e. The molecule has 0 aliphatic rings. The van der Waals surface area contributed by atoms with E-state index in [2.05, 4.69) is 0 Å². The fourth-order valence-corrected chi connectivity index (χ4v) is 1.20. The van der Waals surface area contributed by atoms with Crippen molar-refractivity contribution >= 4 is 17.3 Å². The van der Waals surface area contributed by atoms with E-state index in [0.29, 0.717) is 13.0 Å². The van der Waals surface area contributed by atoms with Gasteiger partial charge in [0.2, 0.25) is 0 Å². The zero-order valence-corrected chi connectivity index (χ0v) is 9.04. The van der Waals surface area contributed by atoms with Gasteiger partial charge in [-0.1, -0.05) is 11.6 Å². The number of rotatable bonds is 5. The van der Waals surface area contributed by atoms with Crippen LogP contribution in [-0.2, 0) is 0 Å². The number of hydrogen-bond donors (Lipinski definition) is 1. The van der Waals surface area contributed by atoms with E-state index in [4.69, 9.17) is 22.1 Å². The summed E-state index contributed by atoms with van der Waals surface area (Å²) in [5, 5.41) is 10.3. The summed E-state index contributed by atoms with van der Waals surface area (Å²) in [6, 6.07) is 1.83. The van der Waals surface area contributed by atoms with Crippen molar-refractivity contribution in [3.63, 3.8) is 0 Å². The highest BCUT2D eigenvalue weighted by Crippen LogP contribution is 2.32. The van der Waals surface area contributed by atoms with Crippen LogP contribution in [0.3, 0.4) is 0 Å². The minimum absolute atomic E-state index is 0.139. The van der Waals surface area contributed by atoms with Gasteiger partial charge in [-0.3, -0.25) is 10.1 Å². The topological polar surface area (TPSA) is 78.4 Å². The van der Waals surface area contributed by atoms with Gasteiger partial charge in [-0.15, -0.1) is 0 Å². The predicted molar refractivity (Wildman–Crippen MR) is 57.2 cm³/mol. The predicted octanol–water partition coefficient (Wildman–Crippen LogP) is 2.11. The Labute approximate surface area is 96.1 Å². The lowest BCUT2D eigenvalue weighted by molar-refractivity contribution is -0.385. The number of ether oxygens (including phenoxy) is 1. The molecule has 0 bridgehead atoms. The van der Waals surface area contributed by atoms with Gasteiger partial charge < -0.3 is 10.5 Å². The lowest BCUT2D eigenvalue weighted by Crippen LogP contribution is -2.07. The van der Waals surface area contributed by atoms with Crippen LogP contribution in [0.15, 0.2) is 12.1 Å². The Morgan fingerprint density at radius 3 is 2.81 bits per heavy atom. The standard InChI is InChI=1S/C9H10ClFN2O3/c10-6-4-8(13(14)15)9(5-7(6)11)16-3-1-2-12/h4-5H,1-3,12H2. The zero-order valence-electron chi connectivity index (χ0n) is 8.28. The summed E-state index contributed by atoms with van der Waals surface area (Å²) in [4.78, 5) is 9.96. The van der Waals surface area contributed by atoms with Crippen molar-refractivity contribution in [2.75, 3.05) is 13.2 Å². The third kappa shape index (κ3) is 3.04. The Balaban J connectivity index is 2.95. The molecule has 1 rings (SSSR count). The number of halogens is 2. The van der Waals surface area contributed by atoms with Crippen molar-refractivity contribution in [1.29, 1.82) is 0 Å². The Hall–Kier alpha value is -1.40. The van der Waals surface area contributed by atoms with E-state index in [1.165, 1.54) is 0 Å². The van der Waals surface area contributed by atoms with Crippen LogP contribution < -0.4 is 10.5 Å². The molecule has 0 radical (unpaired) electrons. The Kier molecular flexibility index (Phi) is 4.45. The van der Waals surface area contributed by atoms with Crippen molar-refractivity contribution < 1.29 is 14.1 Å².